The lowest BCUT2D eigenvalue weighted by molar-refractivity contribution is 0.236. The SMILES string of the molecule is Cn1cnc(CNC(=O)NCC2(c3ccc(F)cc3F)CCCC2)n1. The summed E-state index contributed by atoms with van der Waals surface area (Å²) < 4.78 is 29.0. The summed E-state index contributed by atoms with van der Waals surface area (Å²) in [6.07, 6.45) is 4.99. The fourth-order valence-electron chi connectivity index (χ4n) is 3.45. The molecule has 1 aliphatic carbocycles. The predicted octanol–water partition coefficient (Wildman–Crippen LogP) is 2.40. The van der Waals surface area contributed by atoms with E-state index in [0.717, 1.165) is 31.7 Å². The first-order valence-corrected chi connectivity index (χ1v) is 8.30. The number of hydrogen-bond acceptors (Lipinski definition) is 3. The van der Waals surface area contributed by atoms with E-state index in [0.29, 0.717) is 17.9 Å². The highest BCUT2D eigenvalue weighted by molar-refractivity contribution is 5.73. The lowest BCUT2D eigenvalue weighted by atomic mass is 9.78. The summed E-state index contributed by atoms with van der Waals surface area (Å²) in [6, 6.07) is 3.31. The van der Waals surface area contributed by atoms with Crippen molar-refractivity contribution in [1.29, 1.82) is 0 Å². The molecule has 0 spiro atoms. The van der Waals surface area contributed by atoms with Gasteiger partial charge in [-0.25, -0.2) is 18.6 Å². The molecule has 0 saturated heterocycles. The molecular weight excluding hydrogens is 328 g/mol. The summed E-state index contributed by atoms with van der Waals surface area (Å²) in [5.41, 5.74) is -0.0173. The van der Waals surface area contributed by atoms with E-state index in [-0.39, 0.29) is 12.6 Å². The van der Waals surface area contributed by atoms with Gasteiger partial charge in [0.15, 0.2) is 5.82 Å². The number of urea groups is 1. The Hall–Kier alpha value is -2.51. The Labute approximate surface area is 144 Å². The Bertz CT molecular complexity index is 755. The second kappa shape index (κ2) is 7.16. The van der Waals surface area contributed by atoms with Crippen molar-refractivity contribution in [3.63, 3.8) is 0 Å². The van der Waals surface area contributed by atoms with E-state index < -0.39 is 17.0 Å². The van der Waals surface area contributed by atoms with Crippen LogP contribution in [0.4, 0.5) is 13.6 Å². The minimum absolute atomic E-state index is 0.213. The van der Waals surface area contributed by atoms with Crippen LogP contribution in [-0.2, 0) is 19.0 Å². The Morgan fingerprint density at radius 3 is 2.68 bits per heavy atom. The van der Waals surface area contributed by atoms with Crippen LogP contribution >= 0.6 is 0 Å². The molecule has 1 aromatic heterocycles. The number of aryl methyl sites for hydroxylation is 1. The quantitative estimate of drug-likeness (QED) is 0.871. The lowest BCUT2D eigenvalue weighted by Gasteiger charge is -2.30. The van der Waals surface area contributed by atoms with Gasteiger partial charge in [0.1, 0.15) is 18.0 Å². The maximum absolute atomic E-state index is 14.3. The van der Waals surface area contributed by atoms with Crippen molar-refractivity contribution < 1.29 is 13.6 Å². The van der Waals surface area contributed by atoms with Gasteiger partial charge in [-0.05, 0) is 24.5 Å². The van der Waals surface area contributed by atoms with Gasteiger partial charge >= 0.3 is 6.03 Å². The number of carbonyl (C=O) groups is 1. The first-order chi connectivity index (χ1) is 12.0. The first-order valence-electron chi connectivity index (χ1n) is 8.30. The molecule has 0 atom stereocenters. The number of carbonyl (C=O) groups excluding carboxylic acids is 1. The van der Waals surface area contributed by atoms with Crippen LogP contribution in [0.25, 0.3) is 0 Å². The summed E-state index contributed by atoms with van der Waals surface area (Å²) in [5.74, 6) is -0.637. The van der Waals surface area contributed by atoms with Crippen molar-refractivity contribution in [3.05, 3.63) is 47.5 Å². The maximum atomic E-state index is 14.3. The molecular formula is C17H21F2N5O. The maximum Gasteiger partial charge on any atom is 0.315 e. The topological polar surface area (TPSA) is 71.8 Å². The molecule has 1 heterocycles. The van der Waals surface area contributed by atoms with E-state index in [2.05, 4.69) is 20.7 Å². The Kier molecular flexibility index (Phi) is 4.96. The molecule has 1 saturated carbocycles. The van der Waals surface area contributed by atoms with Crippen LogP contribution in [0.15, 0.2) is 24.5 Å². The average Bonchev–Trinajstić information content (AvgIpc) is 3.21. The van der Waals surface area contributed by atoms with Crippen molar-refractivity contribution in [2.75, 3.05) is 6.54 Å². The molecule has 8 heteroatoms. The van der Waals surface area contributed by atoms with Crippen LogP contribution in [0.5, 0.6) is 0 Å². The summed E-state index contributed by atoms with van der Waals surface area (Å²) in [7, 11) is 1.75. The molecule has 0 radical (unpaired) electrons. The second-order valence-electron chi connectivity index (χ2n) is 6.48. The molecule has 1 fully saturated rings. The largest absolute Gasteiger partial charge is 0.337 e. The van der Waals surface area contributed by atoms with Crippen molar-refractivity contribution in [2.45, 2.75) is 37.6 Å². The molecule has 0 bridgehead atoms. The predicted molar refractivity (Wildman–Crippen MR) is 87.7 cm³/mol. The van der Waals surface area contributed by atoms with Crippen LogP contribution in [0.1, 0.15) is 37.1 Å². The van der Waals surface area contributed by atoms with Gasteiger partial charge in [0.2, 0.25) is 0 Å². The number of hydrogen-bond donors (Lipinski definition) is 2. The number of benzene rings is 1. The zero-order chi connectivity index (χ0) is 17.9. The van der Waals surface area contributed by atoms with Crippen LogP contribution in [0.3, 0.4) is 0 Å². The molecule has 0 unspecified atom stereocenters. The second-order valence-corrected chi connectivity index (χ2v) is 6.48. The molecule has 1 aromatic carbocycles. The van der Waals surface area contributed by atoms with Gasteiger partial charge in [-0.15, -0.1) is 0 Å². The zero-order valence-electron chi connectivity index (χ0n) is 14.1. The van der Waals surface area contributed by atoms with Gasteiger partial charge in [0, 0.05) is 25.1 Å². The third-order valence-corrected chi connectivity index (χ3v) is 4.70. The van der Waals surface area contributed by atoms with Gasteiger partial charge in [0.25, 0.3) is 0 Å². The molecule has 1 aliphatic rings. The number of amides is 2. The number of aromatic nitrogens is 3. The van der Waals surface area contributed by atoms with Crippen molar-refractivity contribution in [1.82, 2.24) is 25.4 Å². The highest BCUT2D eigenvalue weighted by atomic mass is 19.1. The number of rotatable bonds is 5. The molecule has 134 valence electrons. The fraction of sp³-hybridized carbons (Fsp3) is 0.471. The van der Waals surface area contributed by atoms with Crippen molar-refractivity contribution >= 4 is 6.03 Å². The Morgan fingerprint density at radius 2 is 2.04 bits per heavy atom. The van der Waals surface area contributed by atoms with Crippen LogP contribution in [0, 0.1) is 11.6 Å². The van der Waals surface area contributed by atoms with Crippen molar-refractivity contribution in [2.24, 2.45) is 7.05 Å². The van der Waals surface area contributed by atoms with Crippen LogP contribution in [0.2, 0.25) is 0 Å². The third-order valence-electron chi connectivity index (χ3n) is 4.70. The van der Waals surface area contributed by atoms with Crippen molar-refractivity contribution in [3.8, 4) is 0 Å². The van der Waals surface area contributed by atoms with Crippen LogP contribution < -0.4 is 10.6 Å². The molecule has 2 amide bonds. The third kappa shape index (κ3) is 3.94. The standard InChI is InChI=1S/C17H21F2N5O/c1-24-11-22-15(23-24)9-20-16(25)21-10-17(6-2-3-7-17)13-5-4-12(18)8-14(13)19/h4-5,8,11H,2-3,6-7,9-10H2,1H3,(H2,20,21,25). The Morgan fingerprint density at radius 1 is 1.28 bits per heavy atom. The summed E-state index contributed by atoms with van der Waals surface area (Å²) in [4.78, 5) is 16.1. The normalized spacial score (nSPS) is 16.0. The minimum Gasteiger partial charge on any atom is -0.337 e. The molecule has 2 N–H and O–H groups in total. The van der Waals surface area contributed by atoms with Gasteiger partial charge in [0.05, 0.1) is 6.54 Å². The molecule has 0 aliphatic heterocycles. The highest BCUT2D eigenvalue weighted by Gasteiger charge is 2.38. The molecule has 6 nitrogen and oxygen atoms in total. The van der Waals surface area contributed by atoms with Gasteiger partial charge < -0.3 is 10.6 Å². The van der Waals surface area contributed by atoms with Gasteiger partial charge in [-0.1, -0.05) is 18.9 Å². The molecule has 2 aromatic rings. The minimum atomic E-state index is -0.594. The van der Waals surface area contributed by atoms with Gasteiger partial charge in [-0.2, -0.15) is 5.10 Å². The van der Waals surface area contributed by atoms with Crippen LogP contribution in [-0.4, -0.2) is 27.3 Å². The molecule has 3 rings (SSSR count). The number of halogens is 2. The highest BCUT2D eigenvalue weighted by Crippen LogP contribution is 2.41. The number of nitrogens with zero attached hydrogens (tertiary/aromatic N) is 3. The first kappa shape index (κ1) is 17.3. The van der Waals surface area contributed by atoms with E-state index in [4.69, 9.17) is 0 Å². The zero-order valence-corrected chi connectivity index (χ0v) is 14.1. The van der Waals surface area contributed by atoms with E-state index in [9.17, 15) is 13.6 Å². The number of nitrogens with one attached hydrogen (secondary N) is 2. The fourth-order valence-corrected chi connectivity index (χ4v) is 3.45. The summed E-state index contributed by atoms with van der Waals surface area (Å²) >= 11 is 0. The summed E-state index contributed by atoms with van der Waals surface area (Å²) in [5, 5.41) is 9.58. The molecule has 25 heavy (non-hydrogen) atoms. The Balaban J connectivity index is 1.63. The summed E-state index contributed by atoms with van der Waals surface area (Å²) in [6.45, 7) is 0.515. The van der Waals surface area contributed by atoms with E-state index >= 15 is 0 Å². The van der Waals surface area contributed by atoms with E-state index in [1.807, 2.05) is 0 Å². The van der Waals surface area contributed by atoms with Gasteiger partial charge in [-0.3, -0.25) is 4.68 Å². The smallest absolute Gasteiger partial charge is 0.315 e. The monoisotopic (exact) mass is 349 g/mol. The van der Waals surface area contributed by atoms with E-state index in [1.54, 1.807) is 18.1 Å². The lowest BCUT2D eigenvalue weighted by Crippen LogP contribution is -2.44. The average molecular weight is 349 g/mol. The van der Waals surface area contributed by atoms with E-state index in [1.165, 1.54) is 12.1 Å².